The van der Waals surface area contributed by atoms with E-state index < -0.39 is 46.6 Å². The van der Waals surface area contributed by atoms with Crippen molar-refractivity contribution in [2.45, 2.75) is 16.2 Å². The number of hydrogen-bond acceptors (Lipinski definition) is 8. The van der Waals surface area contributed by atoms with Gasteiger partial charge >= 0.3 is 10.1 Å². The van der Waals surface area contributed by atoms with Gasteiger partial charge in [-0.1, -0.05) is 24.3 Å². The molecule has 2 aliphatic carbocycles. The summed E-state index contributed by atoms with van der Waals surface area (Å²) >= 11 is 0. The van der Waals surface area contributed by atoms with Crippen LogP contribution in [-0.2, 0) is 34.5 Å². The van der Waals surface area contributed by atoms with Crippen LogP contribution in [0.2, 0.25) is 0 Å². The summed E-state index contributed by atoms with van der Waals surface area (Å²) in [5.41, 5.74) is 5.50. The molecular formula is C16H15NO9S3. The fraction of sp³-hybridized carbons (Fsp3) is 0.125. The van der Waals surface area contributed by atoms with Crippen molar-refractivity contribution >= 4 is 30.4 Å². The number of fused-ring (bicyclic) bond motifs is 1. The van der Waals surface area contributed by atoms with E-state index in [1.807, 2.05) is 0 Å². The SMILES string of the molecule is NC1(S(=O)(=O)O)C=CC2=C(OS(=O)(=O)c3ccccc3)CC(S(=O)(=O)O)=CC2=C1. The first-order valence-corrected chi connectivity index (χ1v) is 12.1. The summed E-state index contributed by atoms with van der Waals surface area (Å²) in [7, 11) is -14.0. The first-order chi connectivity index (χ1) is 13.2. The number of rotatable bonds is 5. The zero-order chi connectivity index (χ0) is 21.7. The third-order valence-electron chi connectivity index (χ3n) is 4.17. The standard InChI is InChI=1S/C16H15NO9S3/c17-16(29(23,24)25)7-6-14-11(10-16)8-13(27(18,19)20)9-15(14)26-28(21,22)12-4-2-1-3-5-12/h1-8,10H,9,17H2,(H,18,19,20)(H,23,24,25). The quantitative estimate of drug-likeness (QED) is 0.420. The molecule has 0 amide bonds. The molecule has 1 aromatic rings. The second kappa shape index (κ2) is 6.90. The van der Waals surface area contributed by atoms with Crippen LogP contribution in [0, 0.1) is 0 Å². The lowest BCUT2D eigenvalue weighted by atomic mass is 9.91. The second-order valence-corrected chi connectivity index (χ2v) is 10.9. The lowest BCUT2D eigenvalue weighted by molar-refractivity contribution is 0.392. The minimum atomic E-state index is -4.83. The van der Waals surface area contributed by atoms with Crippen LogP contribution >= 0.6 is 0 Å². The van der Waals surface area contributed by atoms with E-state index in [1.54, 1.807) is 6.07 Å². The van der Waals surface area contributed by atoms with Gasteiger partial charge in [-0.05, 0) is 35.9 Å². The summed E-state index contributed by atoms with van der Waals surface area (Å²) in [4.78, 5) is -3.22. The van der Waals surface area contributed by atoms with E-state index in [9.17, 15) is 34.4 Å². The van der Waals surface area contributed by atoms with Crippen molar-refractivity contribution in [2.24, 2.45) is 5.73 Å². The van der Waals surface area contributed by atoms with Crippen LogP contribution in [0.25, 0.3) is 0 Å². The molecule has 0 radical (unpaired) electrons. The Morgan fingerprint density at radius 2 is 1.62 bits per heavy atom. The van der Waals surface area contributed by atoms with Gasteiger partial charge in [-0.2, -0.15) is 25.3 Å². The Labute approximate surface area is 167 Å². The fourth-order valence-corrected chi connectivity index (χ4v) is 4.80. The molecule has 0 heterocycles. The maximum absolute atomic E-state index is 12.5. The van der Waals surface area contributed by atoms with Crippen LogP contribution in [0.3, 0.4) is 0 Å². The Balaban J connectivity index is 2.15. The lowest BCUT2D eigenvalue weighted by Crippen LogP contribution is -2.45. The normalized spacial score (nSPS) is 22.6. The minimum absolute atomic E-state index is 0.0293. The van der Waals surface area contributed by atoms with E-state index in [2.05, 4.69) is 0 Å². The summed E-state index contributed by atoms with van der Waals surface area (Å²) in [6, 6.07) is 7.03. The fourth-order valence-electron chi connectivity index (χ4n) is 2.70. The molecule has 10 nitrogen and oxygen atoms in total. The van der Waals surface area contributed by atoms with Gasteiger partial charge in [0.2, 0.25) is 0 Å². The molecule has 0 aromatic heterocycles. The Morgan fingerprint density at radius 3 is 2.17 bits per heavy atom. The van der Waals surface area contributed by atoms with Gasteiger partial charge in [0.15, 0.2) is 4.87 Å². The van der Waals surface area contributed by atoms with Gasteiger partial charge in [0.1, 0.15) is 10.7 Å². The van der Waals surface area contributed by atoms with Gasteiger partial charge in [-0.3, -0.25) is 9.11 Å². The molecule has 29 heavy (non-hydrogen) atoms. The molecule has 1 aromatic carbocycles. The van der Waals surface area contributed by atoms with Gasteiger partial charge in [0.05, 0.1) is 4.91 Å². The van der Waals surface area contributed by atoms with Gasteiger partial charge in [-0.15, -0.1) is 0 Å². The maximum Gasteiger partial charge on any atom is 0.338 e. The second-order valence-electron chi connectivity index (χ2n) is 6.21. The number of allylic oxidation sites excluding steroid dienone is 5. The molecule has 0 aliphatic heterocycles. The molecule has 156 valence electrons. The van der Waals surface area contributed by atoms with Crippen LogP contribution in [0.4, 0.5) is 0 Å². The zero-order valence-electron chi connectivity index (χ0n) is 14.5. The van der Waals surface area contributed by atoms with E-state index >= 15 is 0 Å². The van der Waals surface area contributed by atoms with E-state index in [1.165, 1.54) is 24.3 Å². The molecule has 1 atom stereocenters. The third kappa shape index (κ3) is 4.19. The van der Waals surface area contributed by atoms with Crippen molar-refractivity contribution in [1.82, 2.24) is 0 Å². The highest BCUT2D eigenvalue weighted by Gasteiger charge is 2.39. The third-order valence-corrected chi connectivity index (χ3v) is 7.52. The van der Waals surface area contributed by atoms with Gasteiger partial charge in [0, 0.05) is 12.0 Å². The van der Waals surface area contributed by atoms with E-state index in [-0.39, 0.29) is 21.8 Å². The highest BCUT2D eigenvalue weighted by Crippen LogP contribution is 2.38. The van der Waals surface area contributed by atoms with E-state index in [0.717, 1.165) is 24.3 Å². The Kier molecular flexibility index (Phi) is 5.09. The lowest BCUT2D eigenvalue weighted by Gasteiger charge is -2.27. The largest absolute Gasteiger partial charge is 0.382 e. The van der Waals surface area contributed by atoms with Gasteiger partial charge < -0.3 is 9.92 Å². The molecule has 0 saturated heterocycles. The number of hydrogen-bond donors (Lipinski definition) is 3. The van der Waals surface area contributed by atoms with Crippen LogP contribution in [-0.4, -0.2) is 39.2 Å². The molecule has 0 bridgehead atoms. The van der Waals surface area contributed by atoms with Crippen LogP contribution in [0.1, 0.15) is 6.42 Å². The van der Waals surface area contributed by atoms with Crippen molar-refractivity contribution in [3.05, 3.63) is 76.4 Å². The highest BCUT2D eigenvalue weighted by atomic mass is 32.2. The molecule has 0 saturated carbocycles. The van der Waals surface area contributed by atoms with Crippen LogP contribution in [0.15, 0.2) is 81.3 Å². The minimum Gasteiger partial charge on any atom is -0.382 e. The Hall–Kier alpha value is -2.29. The number of nitrogens with two attached hydrogens (primary N) is 1. The zero-order valence-corrected chi connectivity index (χ0v) is 16.9. The van der Waals surface area contributed by atoms with Crippen LogP contribution in [0.5, 0.6) is 0 Å². The average Bonchev–Trinajstić information content (AvgIpc) is 2.60. The van der Waals surface area contributed by atoms with Crippen LogP contribution < -0.4 is 5.73 Å². The smallest absolute Gasteiger partial charge is 0.338 e. The van der Waals surface area contributed by atoms with E-state index in [0.29, 0.717) is 0 Å². The Bertz CT molecular complexity index is 1300. The predicted molar refractivity (Wildman–Crippen MR) is 102 cm³/mol. The van der Waals surface area contributed by atoms with Crippen molar-refractivity contribution in [1.29, 1.82) is 0 Å². The summed E-state index contributed by atoms with van der Waals surface area (Å²) in [5.74, 6) is -0.371. The Morgan fingerprint density at radius 1 is 1.00 bits per heavy atom. The molecule has 2 aliphatic rings. The molecule has 13 heteroatoms. The average molecular weight is 461 g/mol. The summed E-state index contributed by atoms with van der Waals surface area (Å²) < 4.78 is 95.2. The van der Waals surface area contributed by atoms with Crippen molar-refractivity contribution in [3.63, 3.8) is 0 Å². The molecule has 1 unspecified atom stereocenters. The predicted octanol–water partition coefficient (Wildman–Crippen LogP) is 0.860. The first-order valence-electron chi connectivity index (χ1n) is 7.82. The molecule has 3 rings (SSSR count). The maximum atomic E-state index is 12.5. The van der Waals surface area contributed by atoms with Crippen molar-refractivity contribution in [2.75, 3.05) is 0 Å². The van der Waals surface area contributed by atoms with Gasteiger partial charge in [0.25, 0.3) is 20.2 Å². The molecule has 0 fully saturated rings. The summed E-state index contributed by atoms with van der Waals surface area (Å²) in [6.07, 6.45) is 3.12. The summed E-state index contributed by atoms with van der Waals surface area (Å²) in [5, 5.41) is 0. The number of benzene rings is 1. The first kappa shape index (κ1) is 21.4. The topological polar surface area (TPSA) is 178 Å². The highest BCUT2D eigenvalue weighted by molar-refractivity contribution is 7.89. The van der Waals surface area contributed by atoms with Gasteiger partial charge in [-0.25, -0.2) is 0 Å². The van der Waals surface area contributed by atoms with E-state index in [4.69, 9.17) is 9.92 Å². The summed E-state index contributed by atoms with van der Waals surface area (Å²) in [6.45, 7) is 0. The van der Waals surface area contributed by atoms with Crippen molar-refractivity contribution < 1.29 is 38.5 Å². The monoisotopic (exact) mass is 461 g/mol. The van der Waals surface area contributed by atoms with Crippen molar-refractivity contribution in [3.8, 4) is 0 Å². The molecular weight excluding hydrogens is 446 g/mol. The molecule has 4 N–H and O–H groups in total. The molecule has 0 spiro atoms.